The van der Waals surface area contributed by atoms with Gasteiger partial charge in [-0.1, -0.05) is 25.0 Å². The maximum atomic E-state index is 13.1. The number of amides is 2. The topological polar surface area (TPSA) is 132 Å². The van der Waals surface area contributed by atoms with E-state index in [1.165, 1.54) is 0 Å². The molecule has 2 N–H and O–H groups in total. The van der Waals surface area contributed by atoms with Gasteiger partial charge < -0.3 is 15.1 Å². The summed E-state index contributed by atoms with van der Waals surface area (Å²) in [5.74, 6) is 0.485. The van der Waals surface area contributed by atoms with Gasteiger partial charge in [0.25, 0.3) is 5.91 Å². The normalized spacial score (nSPS) is 23.7. The van der Waals surface area contributed by atoms with Crippen LogP contribution in [0.1, 0.15) is 79.3 Å². The van der Waals surface area contributed by atoms with E-state index < -0.39 is 11.1 Å². The van der Waals surface area contributed by atoms with Gasteiger partial charge in [0.15, 0.2) is 5.89 Å². The number of aromatic nitrogens is 1. The monoisotopic (exact) mass is 457 g/mol. The minimum Gasteiger partial charge on any atom is -0.445 e. The molecule has 0 bridgehead atoms. The third-order valence-corrected chi connectivity index (χ3v) is 7.26. The summed E-state index contributed by atoms with van der Waals surface area (Å²) in [5, 5.41) is 24.4. The molecule has 2 atom stereocenters. The molecule has 1 aromatic carbocycles. The summed E-state index contributed by atoms with van der Waals surface area (Å²) >= 11 is 0. The fourth-order valence-electron chi connectivity index (χ4n) is 4.84. The Bertz CT molecular complexity index is 1210. The van der Waals surface area contributed by atoms with Gasteiger partial charge in [0.05, 0.1) is 12.1 Å². The molecular formula is C26H27N5O3. The smallest absolute Gasteiger partial charge is 0.252 e. The van der Waals surface area contributed by atoms with Crippen LogP contribution in [0, 0.1) is 35.5 Å². The van der Waals surface area contributed by atoms with Crippen LogP contribution in [-0.4, -0.2) is 27.9 Å². The lowest BCUT2D eigenvalue weighted by Gasteiger charge is -2.30. The molecule has 3 saturated carbocycles. The molecule has 1 unspecified atom stereocenters. The van der Waals surface area contributed by atoms with Gasteiger partial charge in [-0.15, -0.1) is 0 Å². The van der Waals surface area contributed by atoms with Gasteiger partial charge in [0.2, 0.25) is 5.91 Å². The fourth-order valence-corrected chi connectivity index (χ4v) is 4.84. The van der Waals surface area contributed by atoms with Crippen LogP contribution in [0.25, 0.3) is 11.3 Å². The Hall–Kier alpha value is -3.65. The molecule has 0 aliphatic heterocycles. The number of rotatable bonds is 6. The lowest BCUT2D eigenvalue weighted by atomic mass is 9.76. The van der Waals surface area contributed by atoms with Crippen molar-refractivity contribution < 1.29 is 14.0 Å². The summed E-state index contributed by atoms with van der Waals surface area (Å²) in [4.78, 5) is 30.3. The zero-order chi connectivity index (χ0) is 23.9. The number of carbonyl (C=O) groups is 2. The molecule has 1 aromatic heterocycles. The quantitative estimate of drug-likeness (QED) is 0.676. The van der Waals surface area contributed by atoms with Crippen molar-refractivity contribution in [2.45, 2.75) is 75.3 Å². The van der Waals surface area contributed by atoms with Gasteiger partial charge in [-0.25, -0.2) is 4.98 Å². The lowest BCUT2D eigenvalue weighted by Crippen LogP contribution is -2.42. The van der Waals surface area contributed by atoms with Crippen LogP contribution in [0.2, 0.25) is 0 Å². The fraction of sp³-hybridized carbons (Fsp3) is 0.500. The van der Waals surface area contributed by atoms with Crippen molar-refractivity contribution in [1.82, 2.24) is 15.6 Å². The minimum atomic E-state index is -0.715. The summed E-state index contributed by atoms with van der Waals surface area (Å²) in [7, 11) is 0. The van der Waals surface area contributed by atoms with Crippen molar-refractivity contribution in [2.75, 3.05) is 0 Å². The number of nitrogens with zero attached hydrogens (tertiary/aromatic N) is 3. The molecular weight excluding hydrogens is 430 g/mol. The van der Waals surface area contributed by atoms with Gasteiger partial charge in [-0.05, 0) is 50.7 Å². The molecule has 8 nitrogen and oxygen atoms in total. The molecule has 8 heteroatoms. The molecule has 3 aliphatic rings. The summed E-state index contributed by atoms with van der Waals surface area (Å²) in [6.45, 7) is 1.79. The first-order valence-electron chi connectivity index (χ1n) is 11.9. The second-order valence-electron chi connectivity index (χ2n) is 9.85. The van der Waals surface area contributed by atoms with Gasteiger partial charge in [-0.2, -0.15) is 10.5 Å². The highest BCUT2D eigenvalue weighted by atomic mass is 16.4. The SMILES string of the molecule is Cc1nc(-c2ccc(C(=O)NC3(C#N)CC3)cc2)c(C2CCCC[C@H]2C(=O)NC2(C#N)CC2)o1. The molecule has 3 fully saturated rings. The zero-order valence-corrected chi connectivity index (χ0v) is 19.2. The number of hydrogen-bond donors (Lipinski definition) is 2. The highest BCUT2D eigenvalue weighted by molar-refractivity contribution is 5.95. The molecule has 0 radical (unpaired) electrons. The Balaban J connectivity index is 1.38. The Morgan fingerprint density at radius 1 is 1.00 bits per heavy atom. The maximum absolute atomic E-state index is 13.1. The van der Waals surface area contributed by atoms with Crippen molar-refractivity contribution in [2.24, 2.45) is 5.92 Å². The lowest BCUT2D eigenvalue weighted by molar-refractivity contribution is -0.127. The first kappa shape index (κ1) is 22.2. The van der Waals surface area contributed by atoms with Crippen molar-refractivity contribution in [3.63, 3.8) is 0 Å². The summed E-state index contributed by atoms with van der Waals surface area (Å²) in [6, 6.07) is 11.5. The summed E-state index contributed by atoms with van der Waals surface area (Å²) in [6.07, 6.45) is 6.29. The standard InChI is InChI=1S/C26H27N5O3/c1-16-29-21(17-6-8-18(9-7-17)23(32)30-25(14-27)10-11-25)22(34-16)19-4-2-3-5-20(19)24(33)31-26(15-28)12-13-26/h6-9,19-20H,2-5,10-13H2,1H3,(H,30,32)(H,31,33)/t19?,20-/m1/s1. The molecule has 0 spiro atoms. The number of nitrogens with one attached hydrogen (secondary N) is 2. The Morgan fingerprint density at radius 2 is 1.62 bits per heavy atom. The molecule has 1 heterocycles. The molecule has 174 valence electrons. The van der Waals surface area contributed by atoms with Crippen LogP contribution in [0.15, 0.2) is 28.7 Å². The largest absolute Gasteiger partial charge is 0.445 e. The van der Waals surface area contributed by atoms with E-state index in [0.717, 1.165) is 31.2 Å². The highest BCUT2D eigenvalue weighted by Crippen LogP contribution is 2.43. The first-order valence-corrected chi connectivity index (χ1v) is 11.9. The number of carbonyl (C=O) groups excluding carboxylic acids is 2. The Kier molecular flexibility index (Phi) is 5.40. The van der Waals surface area contributed by atoms with Gasteiger partial charge >= 0.3 is 0 Å². The van der Waals surface area contributed by atoms with Crippen LogP contribution >= 0.6 is 0 Å². The van der Waals surface area contributed by atoms with Crippen LogP contribution in [0.5, 0.6) is 0 Å². The van der Waals surface area contributed by atoms with E-state index >= 15 is 0 Å². The van der Waals surface area contributed by atoms with Crippen LogP contribution in [0.3, 0.4) is 0 Å². The van der Waals surface area contributed by atoms with E-state index in [-0.39, 0.29) is 23.7 Å². The second kappa shape index (κ2) is 8.29. The molecule has 2 amide bonds. The summed E-state index contributed by atoms with van der Waals surface area (Å²) < 4.78 is 6.06. The third kappa shape index (κ3) is 4.17. The number of nitriles is 2. The molecule has 34 heavy (non-hydrogen) atoms. The number of benzene rings is 1. The van der Waals surface area contributed by atoms with Gasteiger partial charge in [0.1, 0.15) is 22.5 Å². The van der Waals surface area contributed by atoms with Crippen molar-refractivity contribution in [3.8, 4) is 23.4 Å². The number of oxazole rings is 1. The highest BCUT2D eigenvalue weighted by Gasteiger charge is 2.47. The average Bonchev–Trinajstić information content (AvgIpc) is 3.77. The number of hydrogen-bond acceptors (Lipinski definition) is 6. The summed E-state index contributed by atoms with van der Waals surface area (Å²) in [5.41, 5.74) is 0.567. The number of aryl methyl sites for hydroxylation is 1. The third-order valence-electron chi connectivity index (χ3n) is 7.26. The van der Waals surface area contributed by atoms with E-state index in [1.807, 2.05) is 12.1 Å². The maximum Gasteiger partial charge on any atom is 0.252 e. The van der Waals surface area contributed by atoms with Crippen LogP contribution < -0.4 is 10.6 Å². The Labute approximate surface area is 198 Å². The van der Waals surface area contributed by atoms with Gasteiger partial charge in [-0.3, -0.25) is 9.59 Å². The van der Waals surface area contributed by atoms with Crippen molar-refractivity contribution >= 4 is 11.8 Å². The van der Waals surface area contributed by atoms with E-state index in [1.54, 1.807) is 19.1 Å². The minimum absolute atomic E-state index is 0.0812. The molecule has 3 aliphatic carbocycles. The van der Waals surface area contributed by atoms with Crippen molar-refractivity contribution in [3.05, 3.63) is 41.5 Å². The predicted molar refractivity (Wildman–Crippen MR) is 122 cm³/mol. The predicted octanol–water partition coefficient (Wildman–Crippen LogP) is 3.88. The average molecular weight is 458 g/mol. The molecule has 5 rings (SSSR count). The zero-order valence-electron chi connectivity index (χ0n) is 19.2. The van der Waals surface area contributed by atoms with Crippen LogP contribution in [-0.2, 0) is 4.79 Å². The Morgan fingerprint density at radius 3 is 2.24 bits per heavy atom. The van der Waals surface area contributed by atoms with E-state index in [0.29, 0.717) is 48.6 Å². The van der Waals surface area contributed by atoms with Crippen molar-refractivity contribution in [1.29, 1.82) is 10.5 Å². The van der Waals surface area contributed by atoms with Gasteiger partial charge in [0, 0.05) is 29.9 Å². The van der Waals surface area contributed by atoms with E-state index in [4.69, 9.17) is 4.42 Å². The van der Waals surface area contributed by atoms with Crippen LogP contribution in [0.4, 0.5) is 0 Å². The second-order valence-corrected chi connectivity index (χ2v) is 9.85. The van der Waals surface area contributed by atoms with E-state index in [9.17, 15) is 20.1 Å². The first-order chi connectivity index (χ1) is 16.4. The molecule has 0 saturated heterocycles. The molecule has 2 aromatic rings. The van der Waals surface area contributed by atoms with E-state index in [2.05, 4.69) is 27.8 Å².